The summed E-state index contributed by atoms with van der Waals surface area (Å²) in [7, 11) is 0. The Hall–Kier alpha value is -4.17. The number of hydrogen-bond acceptors (Lipinski definition) is 5. The monoisotopic (exact) mass is 478 g/mol. The van der Waals surface area contributed by atoms with Crippen LogP contribution < -0.4 is 20.8 Å². The highest BCUT2D eigenvalue weighted by atomic mass is 35.5. The lowest BCUT2D eigenvalue weighted by Crippen LogP contribution is -2.32. The molecule has 0 aliphatic carbocycles. The first-order valence-electron chi connectivity index (χ1n) is 10.3. The number of nitrogens with zero attached hydrogens (tertiary/aromatic N) is 1. The van der Waals surface area contributed by atoms with Crippen molar-refractivity contribution in [3.05, 3.63) is 88.4 Å². The summed E-state index contributed by atoms with van der Waals surface area (Å²) in [5.74, 6) is -1.55. The summed E-state index contributed by atoms with van der Waals surface area (Å²) < 4.78 is 5.48. The molecule has 0 atom stereocenters. The van der Waals surface area contributed by atoms with E-state index in [0.29, 0.717) is 27.7 Å². The first kappa shape index (κ1) is 24.5. The fourth-order valence-electron chi connectivity index (χ4n) is 2.79. The number of benzene rings is 3. The number of carbonyl (C=O) groups is 3. The molecule has 3 N–H and O–H groups in total. The number of anilines is 2. The van der Waals surface area contributed by atoms with E-state index < -0.39 is 11.8 Å². The fraction of sp³-hybridized carbons (Fsp3) is 0.120. The zero-order chi connectivity index (χ0) is 24.5. The van der Waals surface area contributed by atoms with Crippen LogP contribution in [-0.4, -0.2) is 30.5 Å². The Kier molecular flexibility index (Phi) is 8.37. The molecule has 0 aliphatic heterocycles. The van der Waals surface area contributed by atoms with Crippen LogP contribution >= 0.6 is 11.6 Å². The minimum atomic E-state index is -0.890. The lowest BCUT2D eigenvalue weighted by Gasteiger charge is -2.08. The third-order valence-electron chi connectivity index (χ3n) is 4.57. The number of ether oxygens (including phenoxy) is 1. The highest BCUT2D eigenvalue weighted by molar-refractivity contribution is 6.39. The number of rotatable bonds is 7. The van der Waals surface area contributed by atoms with Gasteiger partial charge in [-0.1, -0.05) is 29.8 Å². The molecule has 34 heavy (non-hydrogen) atoms. The van der Waals surface area contributed by atoms with Crippen molar-refractivity contribution in [2.75, 3.05) is 17.2 Å². The van der Waals surface area contributed by atoms with Crippen LogP contribution in [0.25, 0.3) is 0 Å². The Balaban J connectivity index is 1.43. The van der Waals surface area contributed by atoms with E-state index >= 15 is 0 Å². The molecule has 0 bridgehead atoms. The molecule has 0 aliphatic rings. The molecule has 0 radical (unpaired) electrons. The molecule has 0 fully saturated rings. The van der Waals surface area contributed by atoms with Gasteiger partial charge in [0.1, 0.15) is 5.75 Å². The van der Waals surface area contributed by atoms with E-state index in [0.717, 1.165) is 11.1 Å². The smallest absolute Gasteiger partial charge is 0.329 e. The molecule has 0 saturated heterocycles. The van der Waals surface area contributed by atoms with Gasteiger partial charge in [0.15, 0.2) is 6.61 Å². The first-order valence-corrected chi connectivity index (χ1v) is 10.7. The van der Waals surface area contributed by atoms with Crippen molar-refractivity contribution < 1.29 is 19.1 Å². The normalized spacial score (nSPS) is 10.6. The second-order valence-electron chi connectivity index (χ2n) is 7.39. The van der Waals surface area contributed by atoms with Gasteiger partial charge in [0, 0.05) is 16.4 Å². The van der Waals surface area contributed by atoms with Gasteiger partial charge in [-0.2, -0.15) is 5.10 Å². The van der Waals surface area contributed by atoms with E-state index in [-0.39, 0.29) is 12.5 Å². The Morgan fingerprint density at radius 3 is 2.35 bits per heavy atom. The van der Waals surface area contributed by atoms with Gasteiger partial charge in [-0.3, -0.25) is 14.4 Å². The van der Waals surface area contributed by atoms with Crippen molar-refractivity contribution in [2.24, 2.45) is 5.10 Å². The summed E-state index contributed by atoms with van der Waals surface area (Å²) in [6.45, 7) is 3.58. The summed E-state index contributed by atoms with van der Waals surface area (Å²) in [6.07, 6.45) is 1.38. The van der Waals surface area contributed by atoms with Crippen LogP contribution in [0.5, 0.6) is 5.75 Å². The number of halogens is 1. The Morgan fingerprint density at radius 2 is 1.65 bits per heavy atom. The maximum absolute atomic E-state index is 12.1. The largest absolute Gasteiger partial charge is 0.484 e. The molecular weight excluding hydrogens is 456 g/mol. The number of aryl methyl sites for hydroxylation is 2. The summed E-state index contributed by atoms with van der Waals surface area (Å²) >= 11 is 6.06. The number of hydrogen-bond donors (Lipinski definition) is 3. The Morgan fingerprint density at radius 1 is 0.912 bits per heavy atom. The van der Waals surface area contributed by atoms with Gasteiger partial charge in [0.2, 0.25) is 0 Å². The minimum Gasteiger partial charge on any atom is -0.484 e. The molecule has 3 aromatic carbocycles. The number of carbonyl (C=O) groups excluding carboxylic acids is 3. The molecule has 0 saturated carbocycles. The molecular formula is C25H23ClN4O4. The maximum Gasteiger partial charge on any atom is 0.329 e. The van der Waals surface area contributed by atoms with Crippen LogP contribution in [0.1, 0.15) is 16.7 Å². The van der Waals surface area contributed by atoms with Gasteiger partial charge >= 0.3 is 11.8 Å². The van der Waals surface area contributed by atoms with E-state index in [1.54, 1.807) is 54.6 Å². The number of nitrogens with one attached hydrogen (secondary N) is 3. The van der Waals surface area contributed by atoms with Gasteiger partial charge in [-0.15, -0.1) is 0 Å². The predicted molar refractivity (Wildman–Crippen MR) is 132 cm³/mol. The van der Waals surface area contributed by atoms with Crippen LogP contribution in [0, 0.1) is 13.8 Å². The molecule has 174 valence electrons. The lowest BCUT2D eigenvalue weighted by molar-refractivity contribution is -0.136. The molecule has 0 unspecified atom stereocenters. The van der Waals surface area contributed by atoms with Crippen molar-refractivity contribution in [1.82, 2.24) is 5.43 Å². The van der Waals surface area contributed by atoms with Crippen molar-refractivity contribution in [3.8, 4) is 5.75 Å². The molecule has 0 aromatic heterocycles. The summed E-state index contributed by atoms with van der Waals surface area (Å²) in [5.41, 5.74) is 5.83. The SMILES string of the molecule is Cc1cccc(NC(=O)C(=O)N/N=C\c2ccc(OCC(=O)Nc3ccc(C)c(Cl)c3)cc2)c1. The van der Waals surface area contributed by atoms with Crippen LogP contribution in [0.15, 0.2) is 71.8 Å². The fourth-order valence-corrected chi connectivity index (χ4v) is 2.97. The standard InChI is InChI=1S/C25H23ClN4O4/c1-16-4-3-5-19(12-16)29-24(32)25(33)30-27-14-18-7-10-21(11-8-18)34-15-23(31)28-20-9-6-17(2)22(26)13-20/h3-14H,15H2,1-2H3,(H,28,31)(H,29,32)(H,30,33)/b27-14-. The molecule has 9 heteroatoms. The predicted octanol–water partition coefficient (Wildman–Crippen LogP) is 4.06. The first-order chi connectivity index (χ1) is 16.3. The Bertz CT molecular complexity index is 1230. The molecule has 0 spiro atoms. The zero-order valence-corrected chi connectivity index (χ0v) is 19.3. The van der Waals surface area contributed by atoms with Gasteiger partial charge in [-0.25, -0.2) is 5.43 Å². The zero-order valence-electron chi connectivity index (χ0n) is 18.6. The average molecular weight is 479 g/mol. The summed E-state index contributed by atoms with van der Waals surface area (Å²) in [5, 5.41) is 9.57. The number of hydrazone groups is 1. The molecule has 3 aromatic rings. The van der Waals surface area contributed by atoms with Gasteiger partial charge in [0.05, 0.1) is 6.21 Å². The second-order valence-corrected chi connectivity index (χ2v) is 7.80. The van der Waals surface area contributed by atoms with Crippen LogP contribution in [0.3, 0.4) is 0 Å². The molecule has 8 nitrogen and oxygen atoms in total. The highest BCUT2D eigenvalue weighted by Gasteiger charge is 2.12. The third kappa shape index (κ3) is 7.46. The van der Waals surface area contributed by atoms with E-state index in [4.69, 9.17) is 16.3 Å². The van der Waals surface area contributed by atoms with Crippen LogP contribution in [0.2, 0.25) is 5.02 Å². The Labute approximate surface area is 202 Å². The van der Waals surface area contributed by atoms with Gasteiger partial charge in [0.25, 0.3) is 5.91 Å². The molecule has 3 rings (SSSR count). The number of amides is 3. The third-order valence-corrected chi connectivity index (χ3v) is 4.97. The quantitative estimate of drug-likeness (QED) is 0.270. The van der Waals surface area contributed by atoms with Crippen molar-refractivity contribution in [1.29, 1.82) is 0 Å². The summed E-state index contributed by atoms with van der Waals surface area (Å²) in [6, 6.07) is 19.0. The summed E-state index contributed by atoms with van der Waals surface area (Å²) in [4.78, 5) is 35.9. The maximum atomic E-state index is 12.1. The highest BCUT2D eigenvalue weighted by Crippen LogP contribution is 2.20. The van der Waals surface area contributed by atoms with Gasteiger partial charge < -0.3 is 15.4 Å². The minimum absolute atomic E-state index is 0.176. The lowest BCUT2D eigenvalue weighted by atomic mass is 10.2. The molecule has 0 heterocycles. The van der Waals surface area contributed by atoms with E-state index in [1.165, 1.54) is 6.21 Å². The van der Waals surface area contributed by atoms with Crippen molar-refractivity contribution >= 4 is 46.9 Å². The van der Waals surface area contributed by atoms with Crippen molar-refractivity contribution in [2.45, 2.75) is 13.8 Å². The van der Waals surface area contributed by atoms with E-state index in [2.05, 4.69) is 21.2 Å². The average Bonchev–Trinajstić information content (AvgIpc) is 2.81. The van der Waals surface area contributed by atoms with Crippen LogP contribution in [-0.2, 0) is 14.4 Å². The molecule has 3 amide bonds. The van der Waals surface area contributed by atoms with Crippen molar-refractivity contribution in [3.63, 3.8) is 0 Å². The van der Waals surface area contributed by atoms with Crippen LogP contribution in [0.4, 0.5) is 11.4 Å². The topological polar surface area (TPSA) is 109 Å². The van der Waals surface area contributed by atoms with E-state index in [1.807, 2.05) is 26.0 Å². The van der Waals surface area contributed by atoms with E-state index in [9.17, 15) is 14.4 Å². The van der Waals surface area contributed by atoms with Gasteiger partial charge in [-0.05, 0) is 79.1 Å². The second kappa shape index (κ2) is 11.6.